The number of nitrogens with two attached hydrogens (primary N) is 1. The van der Waals surface area contributed by atoms with Crippen LogP contribution in [0.4, 0.5) is 5.82 Å². The highest BCUT2D eigenvalue weighted by molar-refractivity contribution is 7.92. The lowest BCUT2D eigenvalue weighted by atomic mass is 10.1. The van der Waals surface area contributed by atoms with Crippen molar-refractivity contribution in [1.82, 2.24) is 15.0 Å². The summed E-state index contributed by atoms with van der Waals surface area (Å²) in [6.07, 6.45) is 1.59. The Bertz CT molecular complexity index is 1560. The highest BCUT2D eigenvalue weighted by Gasteiger charge is 2.26. The number of aryl methyl sites for hydroxylation is 3. The minimum Gasteiger partial charge on any atom is -0.481 e. The van der Waals surface area contributed by atoms with Crippen molar-refractivity contribution in [2.24, 2.45) is 0 Å². The summed E-state index contributed by atoms with van der Waals surface area (Å²) in [4.78, 5) is 25.9. The number of anilines is 1. The molecule has 190 valence electrons. The number of nitrogens with zero attached hydrogens (tertiary/aromatic N) is 3. The summed E-state index contributed by atoms with van der Waals surface area (Å²) >= 11 is 0. The Morgan fingerprint density at radius 3 is 2.32 bits per heavy atom. The molecule has 0 saturated carbocycles. The second-order valence-electron chi connectivity index (χ2n) is 8.55. The van der Waals surface area contributed by atoms with Gasteiger partial charge in [0.25, 0.3) is 0 Å². The molecule has 9 nitrogen and oxygen atoms in total. The van der Waals surface area contributed by atoms with Crippen LogP contribution in [-0.4, -0.2) is 42.0 Å². The first-order chi connectivity index (χ1) is 17.6. The average Bonchev–Trinajstić information content (AvgIpc) is 2.86. The van der Waals surface area contributed by atoms with Gasteiger partial charge in [-0.3, -0.25) is 4.79 Å². The van der Waals surface area contributed by atoms with Crippen molar-refractivity contribution in [3.05, 3.63) is 83.0 Å². The number of carbonyl (C=O) groups is 1. The Hall–Kier alpha value is -4.31. The highest BCUT2D eigenvalue weighted by atomic mass is 32.2. The van der Waals surface area contributed by atoms with Gasteiger partial charge in [-0.15, -0.1) is 0 Å². The monoisotopic (exact) mass is 518 g/mol. The van der Waals surface area contributed by atoms with Gasteiger partial charge in [-0.2, -0.15) is 0 Å². The number of ketones is 1. The molecule has 37 heavy (non-hydrogen) atoms. The number of ether oxygens (including phenoxy) is 2. The number of carbonyl (C=O) groups excluding carboxylic acids is 1. The van der Waals surface area contributed by atoms with Gasteiger partial charge in [-0.1, -0.05) is 23.8 Å². The summed E-state index contributed by atoms with van der Waals surface area (Å²) in [5.41, 5.74) is 9.58. The molecule has 0 atom stereocenters. The van der Waals surface area contributed by atoms with Crippen molar-refractivity contribution < 1.29 is 22.7 Å². The van der Waals surface area contributed by atoms with Gasteiger partial charge in [-0.05, 0) is 62.2 Å². The van der Waals surface area contributed by atoms with E-state index in [-0.39, 0.29) is 22.3 Å². The lowest BCUT2D eigenvalue weighted by Gasteiger charge is -2.15. The summed E-state index contributed by atoms with van der Waals surface area (Å²) in [5.74, 6) is -0.494. The van der Waals surface area contributed by atoms with E-state index in [1.54, 1.807) is 24.4 Å². The summed E-state index contributed by atoms with van der Waals surface area (Å²) in [6.45, 7) is 5.76. The summed E-state index contributed by atoms with van der Waals surface area (Å²) in [6, 6.07) is 14.7. The zero-order chi connectivity index (χ0) is 26.7. The topological polar surface area (TPSA) is 134 Å². The van der Waals surface area contributed by atoms with E-state index >= 15 is 0 Å². The maximum absolute atomic E-state index is 13.3. The fourth-order valence-electron chi connectivity index (χ4n) is 3.90. The maximum Gasteiger partial charge on any atom is 0.230 e. The van der Waals surface area contributed by atoms with Crippen LogP contribution >= 0.6 is 0 Å². The fraction of sp³-hybridized carbons (Fsp3) is 0.185. The summed E-state index contributed by atoms with van der Waals surface area (Å²) in [7, 11) is -2.54. The van der Waals surface area contributed by atoms with E-state index in [4.69, 9.17) is 15.2 Å². The molecule has 10 heteroatoms. The van der Waals surface area contributed by atoms with E-state index in [1.165, 1.54) is 31.4 Å². The lowest BCUT2D eigenvalue weighted by Crippen LogP contribution is -2.19. The van der Waals surface area contributed by atoms with Crippen molar-refractivity contribution >= 4 is 21.4 Å². The predicted octanol–water partition coefficient (Wildman–Crippen LogP) is 4.50. The first kappa shape index (κ1) is 25.8. The van der Waals surface area contributed by atoms with E-state index in [1.807, 2.05) is 32.9 Å². The van der Waals surface area contributed by atoms with Crippen molar-refractivity contribution in [2.45, 2.75) is 25.8 Å². The van der Waals surface area contributed by atoms with Gasteiger partial charge in [0.1, 0.15) is 17.3 Å². The molecule has 0 saturated heterocycles. The largest absolute Gasteiger partial charge is 0.481 e. The molecular weight excluding hydrogens is 492 g/mol. The van der Waals surface area contributed by atoms with Gasteiger partial charge in [-0.25, -0.2) is 23.4 Å². The zero-order valence-electron chi connectivity index (χ0n) is 20.8. The second kappa shape index (κ2) is 10.4. The molecule has 0 aliphatic heterocycles. The minimum atomic E-state index is -4.06. The Kier molecular flexibility index (Phi) is 7.21. The number of rotatable bonds is 8. The molecule has 3 aromatic heterocycles. The Morgan fingerprint density at radius 1 is 0.973 bits per heavy atom. The van der Waals surface area contributed by atoms with E-state index < -0.39 is 21.4 Å². The molecule has 4 rings (SSSR count). The van der Waals surface area contributed by atoms with Crippen LogP contribution in [0.25, 0.3) is 11.3 Å². The van der Waals surface area contributed by atoms with Gasteiger partial charge >= 0.3 is 0 Å². The molecule has 0 spiro atoms. The number of pyridine rings is 3. The smallest absolute Gasteiger partial charge is 0.230 e. The third-order valence-electron chi connectivity index (χ3n) is 5.59. The zero-order valence-corrected chi connectivity index (χ0v) is 21.7. The normalized spacial score (nSPS) is 11.2. The standard InChI is InChI=1S/C27H26N4O5S/c1-16-12-17(2)26(18(3)13-16)36-27-20(9-10-21(30-27)19-8-11-24(35-4)29-14-19)22(32)15-37(33,34)25-7-5-6-23(28)31-25/h5-14H,15H2,1-4H3,(H2,28,31). The van der Waals surface area contributed by atoms with E-state index in [9.17, 15) is 13.2 Å². The van der Waals surface area contributed by atoms with Crippen molar-refractivity contribution in [3.63, 3.8) is 0 Å². The van der Waals surface area contributed by atoms with E-state index in [0.29, 0.717) is 22.9 Å². The number of methoxy groups -OCH3 is 1. The Morgan fingerprint density at radius 2 is 1.70 bits per heavy atom. The van der Waals surface area contributed by atoms with Crippen molar-refractivity contribution in [1.29, 1.82) is 0 Å². The van der Waals surface area contributed by atoms with Crippen molar-refractivity contribution in [3.8, 4) is 28.8 Å². The second-order valence-corrected chi connectivity index (χ2v) is 10.5. The number of sulfone groups is 1. The number of benzene rings is 1. The number of aromatic nitrogens is 3. The van der Waals surface area contributed by atoms with Gasteiger partial charge in [0.15, 0.2) is 10.8 Å². The number of Topliss-reactive ketones (excluding diaryl/α,β-unsaturated/α-hetero) is 1. The highest BCUT2D eigenvalue weighted by Crippen LogP contribution is 2.33. The third-order valence-corrected chi connectivity index (χ3v) is 7.10. The predicted molar refractivity (Wildman–Crippen MR) is 140 cm³/mol. The van der Waals surface area contributed by atoms with Gasteiger partial charge in [0, 0.05) is 17.8 Å². The first-order valence-corrected chi connectivity index (χ1v) is 13.0. The molecule has 0 amide bonds. The average molecular weight is 519 g/mol. The number of nitrogen functional groups attached to an aromatic ring is 1. The molecule has 0 unspecified atom stereocenters. The van der Waals surface area contributed by atoms with Gasteiger partial charge < -0.3 is 15.2 Å². The molecule has 4 aromatic rings. The van der Waals surface area contributed by atoms with E-state index in [2.05, 4.69) is 15.0 Å². The summed E-state index contributed by atoms with van der Waals surface area (Å²) in [5, 5.41) is -0.276. The summed E-state index contributed by atoms with van der Waals surface area (Å²) < 4.78 is 37.1. The van der Waals surface area contributed by atoms with Crippen LogP contribution in [-0.2, 0) is 9.84 Å². The van der Waals surface area contributed by atoms with Crippen LogP contribution < -0.4 is 15.2 Å². The van der Waals surface area contributed by atoms with Gasteiger partial charge in [0.05, 0.1) is 18.4 Å². The Labute approximate surface area is 215 Å². The molecule has 1 aromatic carbocycles. The molecule has 0 aliphatic rings. The minimum absolute atomic E-state index is 0.0101. The SMILES string of the molecule is COc1ccc(-c2ccc(C(=O)CS(=O)(=O)c3cccc(N)n3)c(Oc3c(C)cc(C)cc3C)n2)cn1. The third kappa shape index (κ3) is 5.75. The first-order valence-electron chi connectivity index (χ1n) is 11.3. The number of hydrogen-bond acceptors (Lipinski definition) is 9. The molecular formula is C27H26N4O5S. The van der Waals surface area contributed by atoms with Crippen LogP contribution in [0.15, 0.2) is 65.8 Å². The van der Waals surface area contributed by atoms with Crippen LogP contribution in [0.2, 0.25) is 0 Å². The lowest BCUT2D eigenvalue weighted by molar-refractivity contribution is 0.101. The van der Waals surface area contributed by atoms with Crippen LogP contribution in [0, 0.1) is 20.8 Å². The molecule has 0 aliphatic carbocycles. The maximum atomic E-state index is 13.3. The van der Waals surface area contributed by atoms with Crippen LogP contribution in [0.3, 0.4) is 0 Å². The molecule has 0 bridgehead atoms. The quantitative estimate of drug-likeness (QED) is 0.334. The van der Waals surface area contributed by atoms with Crippen LogP contribution in [0.5, 0.6) is 17.5 Å². The Balaban J connectivity index is 1.77. The molecule has 0 radical (unpaired) electrons. The number of hydrogen-bond donors (Lipinski definition) is 1. The molecule has 0 fully saturated rings. The molecule has 3 heterocycles. The van der Waals surface area contributed by atoms with Crippen molar-refractivity contribution in [2.75, 3.05) is 18.6 Å². The van der Waals surface area contributed by atoms with Crippen LogP contribution in [0.1, 0.15) is 27.0 Å². The van der Waals surface area contributed by atoms with E-state index in [0.717, 1.165) is 16.7 Å². The van der Waals surface area contributed by atoms with Gasteiger partial charge in [0.2, 0.25) is 21.6 Å². The molecule has 2 N–H and O–H groups in total. The fourth-order valence-corrected chi connectivity index (χ4v) is 5.08.